The predicted octanol–water partition coefficient (Wildman–Crippen LogP) is 1.90. The summed E-state index contributed by atoms with van der Waals surface area (Å²) in [6.07, 6.45) is -1.67. The molecule has 0 aliphatic carbocycles. The third-order valence-electron chi connectivity index (χ3n) is 2.87. The number of hydrogen-bond acceptors (Lipinski definition) is 5. The molecule has 0 saturated carbocycles. The van der Waals surface area contributed by atoms with Gasteiger partial charge in [-0.25, -0.2) is 4.79 Å². The van der Waals surface area contributed by atoms with Gasteiger partial charge in [-0.05, 0) is 12.0 Å². The molecule has 8 heteroatoms. The molecule has 0 aromatic heterocycles. The van der Waals surface area contributed by atoms with Gasteiger partial charge in [-0.2, -0.15) is 8.78 Å². The van der Waals surface area contributed by atoms with Crippen molar-refractivity contribution < 1.29 is 32.7 Å². The van der Waals surface area contributed by atoms with E-state index in [1.807, 2.05) is 0 Å². The number of amides is 2. The number of hydroxylamine groups is 2. The molecule has 0 spiro atoms. The molecule has 1 atom stereocenters. The summed E-state index contributed by atoms with van der Waals surface area (Å²) in [4.78, 5) is 38.6. The molecule has 1 aromatic carbocycles. The summed E-state index contributed by atoms with van der Waals surface area (Å²) in [5.74, 6) is -2.22. The van der Waals surface area contributed by atoms with Crippen molar-refractivity contribution in [2.24, 2.45) is 5.92 Å². The Bertz CT molecular complexity index is 549. The van der Waals surface area contributed by atoms with Gasteiger partial charge in [-0.3, -0.25) is 14.4 Å². The molecule has 1 aliphatic heterocycles. The largest absolute Gasteiger partial charge is 0.538 e. The molecule has 21 heavy (non-hydrogen) atoms. The Morgan fingerprint density at radius 3 is 2.57 bits per heavy atom. The van der Waals surface area contributed by atoms with Crippen LogP contribution in [0.15, 0.2) is 30.3 Å². The minimum absolute atomic E-state index is 0.157. The van der Waals surface area contributed by atoms with Crippen LogP contribution in [-0.2, 0) is 25.6 Å². The van der Waals surface area contributed by atoms with Crippen molar-refractivity contribution >= 4 is 18.0 Å². The van der Waals surface area contributed by atoms with Crippen LogP contribution < -0.4 is 0 Å². The van der Waals surface area contributed by atoms with Crippen molar-refractivity contribution in [3.63, 3.8) is 0 Å². The summed E-state index contributed by atoms with van der Waals surface area (Å²) in [6, 6.07) is 8.94. The molecular weight excluding hydrogens is 288 g/mol. The molecule has 2 rings (SSSR count). The number of ether oxygens (including phenoxy) is 1. The van der Waals surface area contributed by atoms with Crippen LogP contribution in [0, 0.1) is 5.92 Å². The summed E-state index contributed by atoms with van der Waals surface area (Å²) in [7, 11) is 0. The lowest BCUT2D eigenvalue weighted by atomic mass is 9.98. The number of nitrogens with zero attached hydrogens (tertiary/aromatic N) is 1. The lowest BCUT2D eigenvalue weighted by molar-refractivity contribution is -0.189. The van der Waals surface area contributed by atoms with E-state index in [0.717, 1.165) is 5.56 Å². The molecule has 2 amide bonds. The maximum Gasteiger partial charge on any atom is 0.538 e. The van der Waals surface area contributed by atoms with Gasteiger partial charge in [0, 0.05) is 6.42 Å². The summed E-state index contributed by atoms with van der Waals surface area (Å²) in [6.45, 7) is -3.38. The van der Waals surface area contributed by atoms with E-state index in [-0.39, 0.29) is 17.9 Å². The highest BCUT2D eigenvalue weighted by atomic mass is 19.3. The van der Waals surface area contributed by atoms with Crippen molar-refractivity contribution in [3.05, 3.63) is 35.9 Å². The van der Waals surface area contributed by atoms with Crippen LogP contribution in [0.1, 0.15) is 12.0 Å². The normalized spacial score (nSPS) is 18.2. The molecule has 0 N–H and O–H groups in total. The quantitative estimate of drug-likeness (QED) is 0.627. The fourth-order valence-corrected chi connectivity index (χ4v) is 1.99. The minimum atomic E-state index is -3.38. The minimum Gasteiger partial charge on any atom is -0.369 e. The lowest BCUT2D eigenvalue weighted by Crippen LogP contribution is -2.34. The summed E-state index contributed by atoms with van der Waals surface area (Å²) in [5.41, 5.74) is 0.834. The second-order valence-corrected chi connectivity index (χ2v) is 4.34. The van der Waals surface area contributed by atoms with Gasteiger partial charge in [0.25, 0.3) is 11.8 Å². The zero-order valence-corrected chi connectivity index (χ0v) is 10.7. The van der Waals surface area contributed by atoms with E-state index < -0.39 is 30.5 Å². The summed E-state index contributed by atoms with van der Waals surface area (Å²) >= 11 is 0. The molecule has 6 nitrogen and oxygen atoms in total. The Balaban J connectivity index is 1.98. The van der Waals surface area contributed by atoms with Gasteiger partial charge in [0.15, 0.2) is 0 Å². The zero-order valence-electron chi connectivity index (χ0n) is 10.7. The van der Waals surface area contributed by atoms with Crippen LogP contribution in [0.3, 0.4) is 0 Å². The molecule has 112 valence electrons. The number of alkyl halides is 2. The second kappa shape index (κ2) is 6.29. The molecular formula is C13H11F2NO5. The van der Waals surface area contributed by atoms with Crippen molar-refractivity contribution in [3.8, 4) is 0 Å². The highest BCUT2D eigenvalue weighted by Crippen LogP contribution is 2.24. The van der Waals surface area contributed by atoms with E-state index >= 15 is 0 Å². The van der Waals surface area contributed by atoms with Crippen LogP contribution in [0.25, 0.3) is 0 Å². The van der Waals surface area contributed by atoms with Crippen molar-refractivity contribution in [2.45, 2.75) is 19.5 Å². The fourth-order valence-electron chi connectivity index (χ4n) is 1.99. The number of benzene rings is 1. The van der Waals surface area contributed by atoms with Crippen molar-refractivity contribution in [2.75, 3.05) is 0 Å². The first-order chi connectivity index (χ1) is 9.97. The van der Waals surface area contributed by atoms with E-state index in [4.69, 9.17) is 0 Å². The topological polar surface area (TPSA) is 72.9 Å². The molecule has 1 saturated heterocycles. The Labute approximate surface area is 118 Å². The van der Waals surface area contributed by atoms with Gasteiger partial charge >= 0.3 is 12.8 Å². The number of halogens is 2. The third-order valence-corrected chi connectivity index (χ3v) is 2.87. The second-order valence-electron chi connectivity index (χ2n) is 4.34. The lowest BCUT2D eigenvalue weighted by Gasteiger charge is -2.13. The first kappa shape index (κ1) is 14.9. The summed E-state index contributed by atoms with van der Waals surface area (Å²) < 4.78 is 27.0. The highest BCUT2D eigenvalue weighted by Gasteiger charge is 2.42. The van der Waals surface area contributed by atoms with E-state index in [9.17, 15) is 23.2 Å². The van der Waals surface area contributed by atoms with Gasteiger partial charge in [-0.1, -0.05) is 35.4 Å². The predicted molar refractivity (Wildman–Crippen MR) is 63.7 cm³/mol. The summed E-state index contributed by atoms with van der Waals surface area (Å²) in [5, 5.41) is 0.179. The molecule has 0 bridgehead atoms. The molecule has 0 radical (unpaired) electrons. The van der Waals surface area contributed by atoms with Crippen LogP contribution in [-0.4, -0.2) is 29.6 Å². The Kier molecular flexibility index (Phi) is 4.46. The van der Waals surface area contributed by atoms with E-state index in [2.05, 4.69) is 9.57 Å². The third kappa shape index (κ3) is 3.74. The van der Waals surface area contributed by atoms with Crippen LogP contribution in [0.2, 0.25) is 0 Å². The van der Waals surface area contributed by atoms with Gasteiger partial charge in [0.2, 0.25) is 0 Å². The highest BCUT2D eigenvalue weighted by molar-refractivity contribution is 6.03. The smallest absolute Gasteiger partial charge is 0.369 e. The van der Waals surface area contributed by atoms with Crippen molar-refractivity contribution in [1.29, 1.82) is 0 Å². The monoisotopic (exact) mass is 299 g/mol. The Morgan fingerprint density at radius 2 is 1.95 bits per heavy atom. The fraction of sp³-hybridized carbons (Fsp3) is 0.308. The number of carbonyl (C=O) groups excluding carboxylic acids is 3. The van der Waals surface area contributed by atoms with Crippen molar-refractivity contribution in [1.82, 2.24) is 5.06 Å². The first-order valence-corrected chi connectivity index (χ1v) is 6.05. The molecule has 1 unspecified atom stereocenters. The molecule has 1 aromatic rings. The number of imide groups is 1. The van der Waals surface area contributed by atoms with E-state index in [1.165, 1.54) is 0 Å². The van der Waals surface area contributed by atoms with Gasteiger partial charge in [0.1, 0.15) is 0 Å². The zero-order chi connectivity index (χ0) is 15.4. The number of carbonyl (C=O) groups is 3. The van der Waals surface area contributed by atoms with E-state index in [1.54, 1.807) is 30.3 Å². The van der Waals surface area contributed by atoms with Gasteiger partial charge < -0.3 is 4.74 Å². The molecule has 1 heterocycles. The first-order valence-electron chi connectivity index (χ1n) is 6.05. The Morgan fingerprint density at radius 1 is 1.29 bits per heavy atom. The average molecular weight is 299 g/mol. The number of rotatable bonds is 4. The standard InChI is InChI=1S/C13H11F2NO5/c14-12(15)20-13(19)21-16-10(17)7-9(11(16)18)6-8-4-2-1-3-5-8/h1-5,9,12H,6-7H2. The van der Waals surface area contributed by atoms with Gasteiger partial charge in [0.05, 0.1) is 5.92 Å². The van der Waals surface area contributed by atoms with E-state index in [0.29, 0.717) is 0 Å². The SMILES string of the molecule is O=C(OC(F)F)ON1C(=O)CC(Cc2ccccc2)C1=O. The van der Waals surface area contributed by atoms with Gasteiger partial charge in [-0.15, -0.1) is 0 Å². The Hall–Kier alpha value is -2.51. The maximum absolute atomic E-state index is 11.9. The molecule has 1 fully saturated rings. The van der Waals surface area contributed by atoms with Crippen LogP contribution >= 0.6 is 0 Å². The average Bonchev–Trinajstić information content (AvgIpc) is 2.67. The maximum atomic E-state index is 11.9. The van der Waals surface area contributed by atoms with Crippen LogP contribution in [0.5, 0.6) is 0 Å². The van der Waals surface area contributed by atoms with Crippen LogP contribution in [0.4, 0.5) is 13.6 Å². The molecule has 1 aliphatic rings. The number of hydrogen-bond donors (Lipinski definition) is 0.